The van der Waals surface area contributed by atoms with Gasteiger partial charge in [0, 0.05) is 29.6 Å². The van der Waals surface area contributed by atoms with E-state index in [-0.39, 0.29) is 24.0 Å². The molecule has 1 aromatic carbocycles. The number of anilines is 1. The van der Waals surface area contributed by atoms with E-state index in [1.807, 2.05) is 11.8 Å². The largest absolute Gasteiger partial charge is 1.00 e. The first kappa shape index (κ1) is 18.1. The first-order valence-corrected chi connectivity index (χ1v) is 8.56. The summed E-state index contributed by atoms with van der Waals surface area (Å²) >= 11 is 1.84. The van der Waals surface area contributed by atoms with Gasteiger partial charge >= 0.3 is 0 Å². The number of rotatable bonds is 4. The van der Waals surface area contributed by atoms with Gasteiger partial charge in [-0.2, -0.15) is 4.57 Å². The number of halogens is 1. The number of para-hydroxylation sites is 1. The van der Waals surface area contributed by atoms with Gasteiger partial charge in [-0.05, 0) is 38.1 Å². The van der Waals surface area contributed by atoms with E-state index in [0.29, 0.717) is 0 Å². The number of pyridine rings is 1. The zero-order chi connectivity index (χ0) is 15.4. The standard InChI is InChI=1S/C19H21N2S.HI/c1-3-20-15-8-7-10-16(20)11-9-14-19-21(4-2)17-12-5-6-13-18(17)22-19;/h5-15H,3-4H2,1-2H3;1H/q+1;/p-1. The van der Waals surface area contributed by atoms with E-state index in [4.69, 9.17) is 0 Å². The van der Waals surface area contributed by atoms with Gasteiger partial charge < -0.3 is 28.9 Å². The molecular formula is C19H21IN2S. The third-order valence-corrected chi connectivity index (χ3v) is 4.91. The Hall–Kier alpha value is -1.27. The smallest absolute Gasteiger partial charge is 0.205 e. The lowest BCUT2D eigenvalue weighted by Gasteiger charge is -2.17. The fourth-order valence-electron chi connectivity index (χ4n) is 2.66. The van der Waals surface area contributed by atoms with E-state index < -0.39 is 0 Å². The third kappa shape index (κ3) is 3.98. The molecule has 1 aliphatic rings. The van der Waals surface area contributed by atoms with Gasteiger partial charge in [0.2, 0.25) is 5.69 Å². The number of nitrogens with zero attached hydrogens (tertiary/aromatic N) is 2. The van der Waals surface area contributed by atoms with E-state index in [2.05, 4.69) is 90.2 Å². The van der Waals surface area contributed by atoms with Crippen molar-refractivity contribution in [2.45, 2.75) is 25.3 Å². The van der Waals surface area contributed by atoms with Crippen LogP contribution in [0.15, 0.2) is 70.7 Å². The summed E-state index contributed by atoms with van der Waals surface area (Å²) < 4.78 is 2.24. The van der Waals surface area contributed by atoms with Gasteiger partial charge in [0.25, 0.3) is 0 Å². The first-order valence-electron chi connectivity index (χ1n) is 7.74. The predicted molar refractivity (Wildman–Crippen MR) is 94.7 cm³/mol. The number of hydrogen-bond acceptors (Lipinski definition) is 2. The minimum absolute atomic E-state index is 0. The highest BCUT2D eigenvalue weighted by Gasteiger charge is 2.22. The summed E-state index contributed by atoms with van der Waals surface area (Å²) in [5.74, 6) is 0. The number of benzene rings is 1. The highest BCUT2D eigenvalue weighted by atomic mass is 127. The van der Waals surface area contributed by atoms with Gasteiger partial charge in [-0.25, -0.2) is 0 Å². The zero-order valence-electron chi connectivity index (χ0n) is 13.4. The van der Waals surface area contributed by atoms with Crippen LogP contribution in [0, 0.1) is 0 Å². The monoisotopic (exact) mass is 436 g/mol. The summed E-state index contributed by atoms with van der Waals surface area (Å²) in [6.07, 6.45) is 8.65. The number of aromatic nitrogens is 1. The van der Waals surface area contributed by atoms with E-state index >= 15 is 0 Å². The minimum Gasteiger partial charge on any atom is -1.00 e. The quantitative estimate of drug-likeness (QED) is 0.530. The Bertz CT molecular complexity index is 725. The van der Waals surface area contributed by atoms with Gasteiger partial charge in [0.15, 0.2) is 6.20 Å². The van der Waals surface area contributed by atoms with Crippen LogP contribution in [0.3, 0.4) is 0 Å². The molecule has 0 unspecified atom stereocenters. The van der Waals surface area contributed by atoms with Crippen molar-refractivity contribution in [3.63, 3.8) is 0 Å². The van der Waals surface area contributed by atoms with Gasteiger partial charge in [0.1, 0.15) is 6.54 Å². The molecule has 1 aliphatic heterocycles. The molecule has 2 nitrogen and oxygen atoms in total. The number of aryl methyl sites for hydroxylation is 1. The van der Waals surface area contributed by atoms with Crippen LogP contribution in [0.4, 0.5) is 5.69 Å². The van der Waals surface area contributed by atoms with Crippen molar-refractivity contribution in [2.24, 2.45) is 0 Å². The Labute approximate surface area is 159 Å². The molecule has 2 aromatic rings. The summed E-state index contributed by atoms with van der Waals surface area (Å²) in [5, 5.41) is 1.29. The van der Waals surface area contributed by atoms with Crippen LogP contribution in [-0.4, -0.2) is 6.54 Å². The number of allylic oxidation sites excluding steroid dienone is 2. The molecule has 1 aromatic heterocycles. The van der Waals surface area contributed by atoms with E-state index in [1.165, 1.54) is 21.3 Å². The summed E-state index contributed by atoms with van der Waals surface area (Å²) in [5.41, 5.74) is 2.54. The third-order valence-electron chi connectivity index (χ3n) is 3.78. The normalized spacial score (nSPS) is 15.0. The van der Waals surface area contributed by atoms with Crippen LogP contribution < -0.4 is 33.4 Å². The molecule has 4 heteroatoms. The van der Waals surface area contributed by atoms with E-state index in [1.54, 1.807) is 0 Å². The second kappa shape index (κ2) is 8.55. The highest BCUT2D eigenvalue weighted by Crippen LogP contribution is 2.45. The lowest BCUT2D eigenvalue weighted by Crippen LogP contribution is -3.00. The van der Waals surface area contributed by atoms with Crippen molar-refractivity contribution in [1.29, 1.82) is 0 Å². The van der Waals surface area contributed by atoms with Gasteiger partial charge in [0.05, 0.1) is 10.7 Å². The number of hydrogen-bond donors (Lipinski definition) is 0. The predicted octanol–water partition coefficient (Wildman–Crippen LogP) is 1.48. The molecule has 0 saturated heterocycles. The molecule has 0 spiro atoms. The van der Waals surface area contributed by atoms with Crippen LogP contribution in [0.25, 0.3) is 6.08 Å². The van der Waals surface area contributed by atoms with Crippen molar-refractivity contribution >= 4 is 23.5 Å². The molecule has 0 amide bonds. The fraction of sp³-hybridized carbons (Fsp3) is 0.211. The maximum atomic E-state index is 2.36. The Kier molecular flexibility index (Phi) is 6.72. The molecule has 0 saturated carbocycles. The van der Waals surface area contributed by atoms with Crippen LogP contribution in [0.2, 0.25) is 0 Å². The maximum Gasteiger partial charge on any atom is 0.205 e. The van der Waals surface area contributed by atoms with Gasteiger partial charge in [-0.3, -0.25) is 0 Å². The summed E-state index contributed by atoms with van der Waals surface area (Å²) in [4.78, 5) is 3.70. The lowest BCUT2D eigenvalue weighted by molar-refractivity contribution is -0.695. The van der Waals surface area contributed by atoms with Crippen LogP contribution >= 0.6 is 11.8 Å². The minimum atomic E-state index is 0. The Morgan fingerprint density at radius 2 is 1.87 bits per heavy atom. The van der Waals surface area contributed by atoms with E-state index in [9.17, 15) is 0 Å². The molecule has 3 rings (SSSR count). The fourth-order valence-corrected chi connectivity index (χ4v) is 3.80. The van der Waals surface area contributed by atoms with Crippen molar-refractivity contribution in [3.8, 4) is 0 Å². The summed E-state index contributed by atoms with van der Waals surface area (Å²) in [6.45, 7) is 6.34. The Morgan fingerprint density at radius 3 is 2.65 bits per heavy atom. The molecule has 0 fully saturated rings. The Balaban J connectivity index is 0.00000192. The lowest BCUT2D eigenvalue weighted by atomic mass is 10.3. The second-order valence-electron chi connectivity index (χ2n) is 5.09. The molecule has 0 bridgehead atoms. The number of fused-ring (bicyclic) bond motifs is 1. The van der Waals surface area contributed by atoms with Crippen LogP contribution in [0.5, 0.6) is 0 Å². The SMILES string of the molecule is CCN1/C(=C/C=C/c2cccc[n+]2CC)Sc2ccccc21.[I-]. The van der Waals surface area contributed by atoms with Crippen LogP contribution in [0.1, 0.15) is 19.5 Å². The van der Waals surface area contributed by atoms with Crippen molar-refractivity contribution in [1.82, 2.24) is 0 Å². The molecule has 2 heterocycles. The molecule has 0 N–H and O–H groups in total. The summed E-state index contributed by atoms with van der Waals surface area (Å²) in [6, 6.07) is 14.9. The first-order chi connectivity index (χ1) is 10.8. The van der Waals surface area contributed by atoms with Gasteiger partial charge in [-0.15, -0.1) is 0 Å². The van der Waals surface area contributed by atoms with Crippen molar-refractivity contribution in [3.05, 3.63) is 71.5 Å². The maximum absolute atomic E-state index is 2.36. The second-order valence-corrected chi connectivity index (χ2v) is 6.15. The average molecular weight is 436 g/mol. The molecule has 0 aliphatic carbocycles. The Morgan fingerprint density at radius 1 is 1.09 bits per heavy atom. The van der Waals surface area contributed by atoms with Crippen LogP contribution in [-0.2, 0) is 6.54 Å². The zero-order valence-corrected chi connectivity index (χ0v) is 16.4. The van der Waals surface area contributed by atoms with Crippen molar-refractivity contribution in [2.75, 3.05) is 11.4 Å². The summed E-state index contributed by atoms with van der Waals surface area (Å²) in [7, 11) is 0. The number of thioether (sulfide) groups is 1. The molecular weight excluding hydrogens is 415 g/mol. The molecule has 0 radical (unpaired) electrons. The highest BCUT2D eigenvalue weighted by molar-refractivity contribution is 8.03. The van der Waals surface area contributed by atoms with Crippen molar-refractivity contribution < 1.29 is 28.5 Å². The van der Waals surface area contributed by atoms with E-state index in [0.717, 1.165) is 13.1 Å². The molecule has 23 heavy (non-hydrogen) atoms. The molecule has 120 valence electrons. The van der Waals surface area contributed by atoms with Gasteiger partial charge in [-0.1, -0.05) is 30.0 Å². The molecule has 0 atom stereocenters. The topological polar surface area (TPSA) is 7.12 Å². The average Bonchev–Trinajstić information content (AvgIpc) is 2.92.